The van der Waals surface area contributed by atoms with Crippen LogP contribution in [0, 0.1) is 0 Å². The van der Waals surface area contributed by atoms with E-state index in [0.717, 1.165) is 31.4 Å². The summed E-state index contributed by atoms with van der Waals surface area (Å²) in [4.78, 5) is 0.390. The van der Waals surface area contributed by atoms with Crippen molar-refractivity contribution in [3.63, 3.8) is 0 Å². The summed E-state index contributed by atoms with van der Waals surface area (Å²) in [5.74, 6) is 0.136. The number of hydrogen-bond donors (Lipinski definition) is 2. The second kappa shape index (κ2) is 5.92. The summed E-state index contributed by atoms with van der Waals surface area (Å²) in [6.07, 6.45) is 4.37. The molecule has 19 heavy (non-hydrogen) atoms. The minimum atomic E-state index is -3.10. The zero-order chi connectivity index (χ0) is 13.9. The summed E-state index contributed by atoms with van der Waals surface area (Å²) in [5, 5.41) is 3.43. The van der Waals surface area contributed by atoms with Crippen molar-refractivity contribution in [3.05, 3.63) is 24.3 Å². The first-order valence-electron chi connectivity index (χ1n) is 6.86. The van der Waals surface area contributed by atoms with Crippen LogP contribution in [0.25, 0.3) is 0 Å². The van der Waals surface area contributed by atoms with Gasteiger partial charge in [0, 0.05) is 17.8 Å². The molecule has 0 spiro atoms. The molecule has 2 atom stereocenters. The average Bonchev–Trinajstić information content (AvgIpc) is 2.39. The first-order chi connectivity index (χ1) is 9.01. The molecule has 0 amide bonds. The van der Waals surface area contributed by atoms with Gasteiger partial charge in [0.1, 0.15) is 0 Å². The maximum Gasteiger partial charge on any atom is 0.178 e. The number of nitrogens with one attached hydrogen (secondary N) is 1. The summed E-state index contributed by atoms with van der Waals surface area (Å²) < 4.78 is 23.4. The van der Waals surface area contributed by atoms with Crippen molar-refractivity contribution in [2.24, 2.45) is 5.73 Å². The van der Waals surface area contributed by atoms with Crippen LogP contribution in [0.5, 0.6) is 0 Å². The lowest BCUT2D eigenvalue weighted by Gasteiger charge is -2.28. The van der Waals surface area contributed by atoms with Gasteiger partial charge < -0.3 is 11.1 Å². The Labute approximate surface area is 115 Å². The SMILES string of the molecule is CCS(=O)(=O)c1ccc(NC2CCCC(N)C2)cc1. The second-order valence-corrected chi connectivity index (χ2v) is 7.47. The van der Waals surface area contributed by atoms with Crippen LogP contribution in [-0.4, -0.2) is 26.3 Å². The van der Waals surface area contributed by atoms with Crippen LogP contribution in [-0.2, 0) is 9.84 Å². The third-order valence-electron chi connectivity index (χ3n) is 3.68. The highest BCUT2D eigenvalue weighted by atomic mass is 32.2. The number of anilines is 1. The number of rotatable bonds is 4. The van der Waals surface area contributed by atoms with Crippen LogP contribution in [0.15, 0.2) is 29.2 Å². The van der Waals surface area contributed by atoms with Crippen LogP contribution in [0.3, 0.4) is 0 Å². The van der Waals surface area contributed by atoms with E-state index in [4.69, 9.17) is 5.73 Å². The second-order valence-electron chi connectivity index (χ2n) is 5.20. The molecule has 3 N–H and O–H groups in total. The Morgan fingerprint density at radius 1 is 1.26 bits per heavy atom. The topological polar surface area (TPSA) is 72.2 Å². The molecule has 0 bridgehead atoms. The molecule has 1 aromatic rings. The quantitative estimate of drug-likeness (QED) is 0.887. The Balaban J connectivity index is 2.03. The lowest BCUT2D eigenvalue weighted by Crippen LogP contribution is -2.34. The molecule has 0 saturated heterocycles. The number of benzene rings is 1. The third kappa shape index (κ3) is 3.70. The zero-order valence-electron chi connectivity index (χ0n) is 11.3. The largest absolute Gasteiger partial charge is 0.382 e. The van der Waals surface area contributed by atoms with Crippen LogP contribution >= 0.6 is 0 Å². The fourth-order valence-corrected chi connectivity index (χ4v) is 3.40. The lowest BCUT2D eigenvalue weighted by molar-refractivity contribution is 0.409. The van der Waals surface area contributed by atoms with Gasteiger partial charge >= 0.3 is 0 Å². The van der Waals surface area contributed by atoms with Crippen LogP contribution in [0.1, 0.15) is 32.6 Å². The van der Waals surface area contributed by atoms with Gasteiger partial charge in [-0.25, -0.2) is 8.42 Å². The molecule has 0 aromatic heterocycles. The molecule has 1 saturated carbocycles. The van der Waals surface area contributed by atoms with E-state index < -0.39 is 9.84 Å². The van der Waals surface area contributed by atoms with Gasteiger partial charge in [0.05, 0.1) is 10.6 Å². The molecule has 2 unspecified atom stereocenters. The highest BCUT2D eigenvalue weighted by Gasteiger charge is 2.19. The zero-order valence-corrected chi connectivity index (χ0v) is 12.1. The van der Waals surface area contributed by atoms with E-state index in [1.54, 1.807) is 19.1 Å². The predicted octanol–water partition coefficient (Wildman–Crippen LogP) is 2.16. The maximum absolute atomic E-state index is 11.7. The van der Waals surface area contributed by atoms with E-state index >= 15 is 0 Å². The van der Waals surface area contributed by atoms with E-state index in [-0.39, 0.29) is 11.8 Å². The molecule has 0 heterocycles. The predicted molar refractivity (Wildman–Crippen MR) is 78.0 cm³/mol. The van der Waals surface area contributed by atoms with Crippen molar-refractivity contribution >= 4 is 15.5 Å². The van der Waals surface area contributed by atoms with E-state index in [0.29, 0.717) is 10.9 Å². The summed E-state index contributed by atoms with van der Waals surface area (Å²) in [7, 11) is -3.10. The van der Waals surface area contributed by atoms with Gasteiger partial charge in [-0.3, -0.25) is 0 Å². The van der Waals surface area contributed by atoms with Crippen LogP contribution in [0.2, 0.25) is 0 Å². The summed E-state index contributed by atoms with van der Waals surface area (Å²) in [6, 6.07) is 7.70. The number of sulfone groups is 1. The lowest BCUT2D eigenvalue weighted by atomic mass is 9.91. The molecular weight excluding hydrogens is 260 g/mol. The molecule has 5 heteroatoms. The molecule has 2 rings (SSSR count). The Morgan fingerprint density at radius 2 is 1.95 bits per heavy atom. The fourth-order valence-electron chi connectivity index (χ4n) is 2.52. The van der Waals surface area contributed by atoms with Gasteiger partial charge in [0.2, 0.25) is 0 Å². The van der Waals surface area contributed by atoms with Gasteiger partial charge in [-0.15, -0.1) is 0 Å². The van der Waals surface area contributed by atoms with Gasteiger partial charge in [-0.2, -0.15) is 0 Å². The highest BCUT2D eigenvalue weighted by molar-refractivity contribution is 7.91. The standard InChI is InChI=1S/C14H22N2O2S/c1-2-19(17,18)14-8-6-12(7-9-14)16-13-5-3-4-11(15)10-13/h6-9,11,13,16H,2-5,10,15H2,1H3. The molecule has 0 radical (unpaired) electrons. The summed E-state index contributed by atoms with van der Waals surface area (Å²) >= 11 is 0. The molecule has 4 nitrogen and oxygen atoms in total. The Hall–Kier alpha value is -1.07. The van der Waals surface area contributed by atoms with E-state index in [9.17, 15) is 8.42 Å². The van der Waals surface area contributed by atoms with Crippen LogP contribution in [0.4, 0.5) is 5.69 Å². The molecule has 106 valence electrons. The van der Waals surface area contributed by atoms with E-state index in [1.165, 1.54) is 0 Å². The van der Waals surface area contributed by atoms with Gasteiger partial charge in [0.25, 0.3) is 0 Å². The Bertz CT molecular complexity index is 511. The molecule has 0 aliphatic heterocycles. The van der Waals surface area contributed by atoms with Crippen LogP contribution < -0.4 is 11.1 Å². The van der Waals surface area contributed by atoms with Crippen molar-refractivity contribution in [3.8, 4) is 0 Å². The molecule has 1 aromatic carbocycles. The smallest absolute Gasteiger partial charge is 0.178 e. The van der Waals surface area contributed by atoms with Gasteiger partial charge in [-0.05, 0) is 49.9 Å². The van der Waals surface area contributed by atoms with Crippen molar-refractivity contribution in [2.75, 3.05) is 11.1 Å². The minimum Gasteiger partial charge on any atom is -0.382 e. The maximum atomic E-state index is 11.7. The normalized spacial score (nSPS) is 24.1. The third-order valence-corrected chi connectivity index (χ3v) is 5.43. The summed E-state index contributed by atoms with van der Waals surface area (Å²) in [6.45, 7) is 1.66. The van der Waals surface area contributed by atoms with E-state index in [2.05, 4.69) is 5.32 Å². The average molecular weight is 282 g/mol. The minimum absolute atomic E-state index is 0.136. The van der Waals surface area contributed by atoms with Crippen molar-refractivity contribution < 1.29 is 8.42 Å². The van der Waals surface area contributed by atoms with E-state index in [1.807, 2.05) is 12.1 Å². The monoisotopic (exact) mass is 282 g/mol. The Morgan fingerprint density at radius 3 is 2.53 bits per heavy atom. The summed E-state index contributed by atoms with van der Waals surface area (Å²) in [5.41, 5.74) is 6.93. The van der Waals surface area contributed by atoms with Gasteiger partial charge in [0.15, 0.2) is 9.84 Å². The molecule has 1 fully saturated rings. The van der Waals surface area contributed by atoms with Crippen molar-refractivity contribution in [2.45, 2.75) is 49.6 Å². The molecular formula is C14H22N2O2S. The fraction of sp³-hybridized carbons (Fsp3) is 0.571. The number of nitrogens with two attached hydrogens (primary N) is 1. The molecule has 1 aliphatic rings. The Kier molecular flexibility index (Phi) is 4.47. The first-order valence-corrected chi connectivity index (χ1v) is 8.51. The number of hydrogen-bond acceptors (Lipinski definition) is 4. The highest BCUT2D eigenvalue weighted by Crippen LogP contribution is 2.22. The van der Waals surface area contributed by atoms with Crippen molar-refractivity contribution in [1.29, 1.82) is 0 Å². The van der Waals surface area contributed by atoms with Crippen molar-refractivity contribution in [1.82, 2.24) is 0 Å². The van der Waals surface area contributed by atoms with Gasteiger partial charge in [-0.1, -0.05) is 6.92 Å². The molecule has 1 aliphatic carbocycles. The first kappa shape index (κ1) is 14.3.